The topological polar surface area (TPSA) is 140 Å². The van der Waals surface area contributed by atoms with E-state index >= 15 is 0 Å². The molecule has 332 valence electrons. The van der Waals surface area contributed by atoms with Gasteiger partial charge in [0.05, 0.1) is 11.4 Å². The van der Waals surface area contributed by atoms with E-state index in [0.29, 0.717) is 66.7 Å². The predicted octanol–water partition coefficient (Wildman–Crippen LogP) is 11.8. The van der Waals surface area contributed by atoms with Crippen LogP contribution in [-0.4, -0.2) is 38.1 Å². The highest BCUT2D eigenvalue weighted by molar-refractivity contribution is 5.78. The fourth-order valence-electron chi connectivity index (χ4n) is 8.75. The normalized spacial score (nSPS) is 18.7. The number of nitrogens with zero attached hydrogens (tertiary/aromatic N) is 4. The third-order valence-corrected chi connectivity index (χ3v) is 12.4. The van der Waals surface area contributed by atoms with Gasteiger partial charge in [0.15, 0.2) is 0 Å². The van der Waals surface area contributed by atoms with Crippen LogP contribution in [0.25, 0.3) is 0 Å². The average molecular weight is 847 g/mol. The maximum atomic E-state index is 12.7. The third kappa shape index (κ3) is 15.6. The Balaban J connectivity index is 0.760. The molecule has 0 unspecified atom stereocenters. The molecule has 0 saturated heterocycles. The summed E-state index contributed by atoms with van der Waals surface area (Å²) in [5, 5.41) is 18.0. The number of unbranched alkanes of at least 4 members (excludes halogenated alkanes) is 2. The Morgan fingerprint density at radius 3 is 1.21 bits per heavy atom. The van der Waals surface area contributed by atoms with Gasteiger partial charge in [0.25, 0.3) is 0 Å². The van der Waals surface area contributed by atoms with Gasteiger partial charge in [-0.1, -0.05) is 39.5 Å². The summed E-state index contributed by atoms with van der Waals surface area (Å²) in [5.41, 5.74) is 3.70. The quantitative estimate of drug-likeness (QED) is 0.0378. The van der Waals surface area contributed by atoms with Crippen LogP contribution in [0.15, 0.2) is 72.8 Å². The molecule has 0 N–H and O–H groups in total. The predicted molar refractivity (Wildman–Crippen MR) is 238 cm³/mol. The van der Waals surface area contributed by atoms with Gasteiger partial charge in [-0.15, -0.1) is 0 Å². The number of rotatable bonds is 24. The Hall–Kier alpha value is -5.19. The second-order valence-corrected chi connectivity index (χ2v) is 17.3. The lowest BCUT2D eigenvalue weighted by Crippen LogP contribution is -2.15. The number of carbonyl (C=O) groups excluding carboxylic acids is 3. The maximum absolute atomic E-state index is 12.7. The van der Waals surface area contributed by atoms with E-state index in [0.717, 1.165) is 112 Å². The molecule has 0 radical (unpaired) electrons. The van der Waals surface area contributed by atoms with E-state index in [-0.39, 0.29) is 11.9 Å². The van der Waals surface area contributed by atoms with Crippen LogP contribution < -0.4 is 18.9 Å². The van der Waals surface area contributed by atoms with Gasteiger partial charge >= 0.3 is 11.9 Å². The maximum Gasteiger partial charge on any atom is 0.311 e. The van der Waals surface area contributed by atoms with Crippen molar-refractivity contribution in [1.29, 1.82) is 0 Å². The molecule has 2 fully saturated rings. The van der Waals surface area contributed by atoms with E-state index in [1.54, 1.807) is 48.5 Å². The molecule has 0 spiro atoms. The van der Waals surface area contributed by atoms with Crippen molar-refractivity contribution in [3.63, 3.8) is 0 Å². The molecular weight excluding hydrogens is 781 g/mol. The molecule has 2 aromatic heterocycles. The Morgan fingerprint density at radius 2 is 0.855 bits per heavy atom. The fourth-order valence-corrected chi connectivity index (χ4v) is 8.75. The lowest BCUT2D eigenvalue weighted by atomic mass is 9.78. The molecule has 0 atom stereocenters. The largest absolute Gasteiger partial charge is 0.487 e. The lowest BCUT2D eigenvalue weighted by molar-refractivity contribution is -0.135. The molecule has 6 rings (SSSR count). The molecule has 0 bridgehead atoms. The van der Waals surface area contributed by atoms with E-state index in [1.807, 2.05) is 26.0 Å². The van der Waals surface area contributed by atoms with Gasteiger partial charge in [0.2, 0.25) is 0 Å². The van der Waals surface area contributed by atoms with E-state index in [1.165, 1.54) is 38.5 Å². The number of hydrogen-bond acceptors (Lipinski definition) is 11. The summed E-state index contributed by atoms with van der Waals surface area (Å²) in [7, 11) is 0. The molecule has 2 aliphatic carbocycles. The molecule has 62 heavy (non-hydrogen) atoms. The third-order valence-electron chi connectivity index (χ3n) is 12.4. The van der Waals surface area contributed by atoms with Crippen LogP contribution in [0, 0.1) is 11.8 Å². The zero-order chi connectivity index (χ0) is 43.4. The fraction of sp³-hybridized carbons (Fsp3) is 0.549. The zero-order valence-corrected chi connectivity index (χ0v) is 36.9. The number of aromatic nitrogens is 4. The van der Waals surface area contributed by atoms with E-state index in [9.17, 15) is 14.4 Å². The van der Waals surface area contributed by atoms with Crippen molar-refractivity contribution in [2.45, 2.75) is 167 Å². The number of Topliss-reactive ketones (excluding diaryl/α,β-unsaturated/α-hetero) is 1. The SMILES string of the molecule is CCCC(=O)Oc1ccc(OCc2ccc(C3CCC(CCCCC(=O)CCCCC4CCC(c5ccc(COc6ccc(OC(=O)CCC)cc6)nn5)CC4)CC3)nn2)cc1. The lowest BCUT2D eigenvalue weighted by Gasteiger charge is -2.28. The second kappa shape index (κ2) is 25.1. The molecule has 0 amide bonds. The van der Waals surface area contributed by atoms with Gasteiger partial charge in [-0.3, -0.25) is 14.4 Å². The van der Waals surface area contributed by atoms with Crippen LogP contribution >= 0.6 is 0 Å². The minimum Gasteiger partial charge on any atom is -0.487 e. The Labute approximate surface area is 368 Å². The molecular formula is C51H66N4O7. The first-order valence-corrected chi connectivity index (χ1v) is 23.4. The van der Waals surface area contributed by atoms with E-state index in [2.05, 4.69) is 32.5 Å². The highest BCUT2D eigenvalue weighted by Crippen LogP contribution is 2.38. The van der Waals surface area contributed by atoms with Gasteiger partial charge in [-0.2, -0.15) is 20.4 Å². The molecule has 2 saturated carbocycles. The molecule has 2 heterocycles. The average Bonchev–Trinajstić information content (AvgIpc) is 3.30. The van der Waals surface area contributed by atoms with Crippen LogP contribution in [0.5, 0.6) is 23.0 Å². The highest BCUT2D eigenvalue weighted by atomic mass is 16.5. The summed E-state index contributed by atoms with van der Waals surface area (Å²) < 4.78 is 22.3. The number of hydrogen-bond donors (Lipinski definition) is 0. The minimum absolute atomic E-state index is 0.229. The number of ether oxygens (including phenoxy) is 4. The molecule has 2 aromatic carbocycles. The van der Waals surface area contributed by atoms with Crippen molar-refractivity contribution in [1.82, 2.24) is 20.4 Å². The zero-order valence-electron chi connectivity index (χ0n) is 36.9. The molecule has 4 aromatic rings. The van der Waals surface area contributed by atoms with Crippen molar-refractivity contribution in [3.8, 4) is 23.0 Å². The van der Waals surface area contributed by atoms with E-state index in [4.69, 9.17) is 18.9 Å². The summed E-state index contributed by atoms with van der Waals surface area (Å²) >= 11 is 0. The van der Waals surface area contributed by atoms with Gasteiger partial charge in [-0.25, -0.2) is 0 Å². The number of carbonyl (C=O) groups is 3. The molecule has 0 aliphatic heterocycles. The summed E-state index contributed by atoms with van der Waals surface area (Å²) in [6.45, 7) is 4.55. The van der Waals surface area contributed by atoms with Gasteiger partial charge in [0, 0.05) is 37.5 Å². The monoisotopic (exact) mass is 846 g/mol. The van der Waals surface area contributed by atoms with Crippen LogP contribution in [0.4, 0.5) is 0 Å². The Morgan fingerprint density at radius 1 is 0.468 bits per heavy atom. The Bertz CT molecular complexity index is 1800. The number of benzene rings is 2. The van der Waals surface area contributed by atoms with Gasteiger partial charge < -0.3 is 18.9 Å². The second-order valence-electron chi connectivity index (χ2n) is 17.3. The highest BCUT2D eigenvalue weighted by Gasteiger charge is 2.25. The van der Waals surface area contributed by atoms with Gasteiger partial charge in [-0.05, 0) is 162 Å². The summed E-state index contributed by atoms with van der Waals surface area (Å²) in [4.78, 5) is 36.1. The minimum atomic E-state index is -0.229. The summed E-state index contributed by atoms with van der Waals surface area (Å²) in [6.07, 6.45) is 19.9. The first-order valence-electron chi connectivity index (χ1n) is 23.4. The summed E-state index contributed by atoms with van der Waals surface area (Å²) in [6, 6.07) is 22.3. The molecule has 11 heteroatoms. The smallest absolute Gasteiger partial charge is 0.311 e. The first kappa shape index (κ1) is 46.3. The molecule has 11 nitrogen and oxygen atoms in total. The van der Waals surface area contributed by atoms with Crippen LogP contribution in [0.3, 0.4) is 0 Å². The summed E-state index contributed by atoms with van der Waals surface area (Å²) in [5.74, 6) is 4.77. The van der Waals surface area contributed by atoms with Crippen molar-refractivity contribution in [2.24, 2.45) is 11.8 Å². The van der Waals surface area contributed by atoms with Crippen molar-refractivity contribution in [3.05, 3.63) is 95.6 Å². The Kier molecular flexibility index (Phi) is 18.7. The molecule has 2 aliphatic rings. The van der Waals surface area contributed by atoms with Crippen LogP contribution in [-0.2, 0) is 27.6 Å². The standard InChI is InChI=1S/C51H66N4O7/c1-3-9-50(57)61-46-29-25-44(26-30-46)59-35-41-23-33-48(54-52-41)39-19-15-37(16-20-39)11-5-7-13-43(56)14-8-6-12-38-17-21-40(22-18-38)49-34-24-42(53-55-49)36-60-45-27-31-47(32-28-45)62-51(58)10-4-2/h23-34,37-40H,3-22,35-36H2,1-2H3. The first-order chi connectivity index (χ1) is 30.3. The van der Waals surface area contributed by atoms with Gasteiger partial charge in [0.1, 0.15) is 53.4 Å². The van der Waals surface area contributed by atoms with Crippen molar-refractivity contribution < 1.29 is 33.3 Å². The number of ketones is 1. The van der Waals surface area contributed by atoms with E-state index < -0.39 is 0 Å². The van der Waals surface area contributed by atoms with Crippen LogP contribution in [0.2, 0.25) is 0 Å². The van der Waals surface area contributed by atoms with Crippen molar-refractivity contribution >= 4 is 17.7 Å². The van der Waals surface area contributed by atoms with Crippen LogP contribution in [0.1, 0.15) is 177 Å². The number of esters is 2. The van der Waals surface area contributed by atoms with Crippen molar-refractivity contribution in [2.75, 3.05) is 0 Å².